The normalized spacial score (nSPS) is 16.2. The number of hydrogen-bond donors (Lipinski definition) is 1. The zero-order chi connectivity index (χ0) is 16.7. The number of rotatable bonds is 3. The molecule has 4 rings (SSSR count). The number of halogens is 1. The van der Waals surface area contributed by atoms with Gasteiger partial charge in [0.15, 0.2) is 0 Å². The Morgan fingerprint density at radius 2 is 2.12 bits per heavy atom. The zero-order valence-electron chi connectivity index (χ0n) is 13.6. The maximum atomic E-state index is 13.5. The van der Waals surface area contributed by atoms with Gasteiger partial charge in [-0.1, -0.05) is 0 Å². The highest BCUT2D eigenvalue weighted by molar-refractivity contribution is 6.05. The van der Waals surface area contributed by atoms with Crippen LogP contribution < -0.4 is 10.5 Å². The van der Waals surface area contributed by atoms with Crippen LogP contribution in [0.15, 0.2) is 29.3 Å². The Hall–Kier alpha value is -2.25. The number of aromatic nitrogens is 3. The molecule has 24 heavy (non-hydrogen) atoms. The van der Waals surface area contributed by atoms with Crippen molar-refractivity contribution in [2.75, 3.05) is 32.8 Å². The SMILES string of the molecule is Cn1c2ccc(F)cc2c2ncn(CC[NH+]3CCOCC3)c(=O)c21. The highest BCUT2D eigenvalue weighted by atomic mass is 19.1. The van der Waals surface area contributed by atoms with Gasteiger partial charge in [0.25, 0.3) is 5.56 Å². The Morgan fingerprint density at radius 1 is 1.33 bits per heavy atom. The first kappa shape index (κ1) is 15.3. The Morgan fingerprint density at radius 3 is 2.92 bits per heavy atom. The van der Waals surface area contributed by atoms with Crippen LogP contribution in [0.1, 0.15) is 0 Å². The number of aryl methyl sites for hydroxylation is 1. The summed E-state index contributed by atoms with van der Waals surface area (Å²) in [5.41, 5.74) is 1.82. The number of ether oxygens (including phenoxy) is 1. The third kappa shape index (κ3) is 2.50. The lowest BCUT2D eigenvalue weighted by molar-refractivity contribution is -0.908. The van der Waals surface area contributed by atoms with E-state index in [1.165, 1.54) is 17.0 Å². The van der Waals surface area contributed by atoms with E-state index in [0.29, 0.717) is 23.0 Å². The molecule has 0 unspecified atom stereocenters. The topological polar surface area (TPSA) is 53.5 Å². The summed E-state index contributed by atoms with van der Waals surface area (Å²) in [6.45, 7) is 4.98. The molecule has 1 aliphatic heterocycles. The molecule has 1 aromatic carbocycles. The van der Waals surface area contributed by atoms with E-state index in [4.69, 9.17) is 4.74 Å². The fourth-order valence-corrected chi connectivity index (χ4v) is 3.44. The molecule has 1 saturated heterocycles. The van der Waals surface area contributed by atoms with E-state index in [0.717, 1.165) is 38.4 Å². The number of fused-ring (bicyclic) bond motifs is 3. The van der Waals surface area contributed by atoms with Crippen LogP contribution in [0.2, 0.25) is 0 Å². The summed E-state index contributed by atoms with van der Waals surface area (Å²) >= 11 is 0. The van der Waals surface area contributed by atoms with Gasteiger partial charge in [0.2, 0.25) is 0 Å². The van der Waals surface area contributed by atoms with Crippen molar-refractivity contribution in [1.29, 1.82) is 0 Å². The van der Waals surface area contributed by atoms with Crippen molar-refractivity contribution in [2.45, 2.75) is 6.54 Å². The second kappa shape index (κ2) is 5.99. The summed E-state index contributed by atoms with van der Waals surface area (Å²) in [6, 6.07) is 4.53. The van der Waals surface area contributed by atoms with Crippen LogP contribution in [0.3, 0.4) is 0 Å². The summed E-state index contributed by atoms with van der Waals surface area (Å²) in [5, 5.41) is 0.676. The van der Waals surface area contributed by atoms with Gasteiger partial charge in [0.1, 0.15) is 29.9 Å². The van der Waals surface area contributed by atoms with Crippen molar-refractivity contribution in [1.82, 2.24) is 14.1 Å². The van der Waals surface area contributed by atoms with Crippen LogP contribution in [0, 0.1) is 5.82 Å². The minimum absolute atomic E-state index is 0.0771. The molecule has 1 aliphatic rings. The first-order valence-corrected chi connectivity index (χ1v) is 8.19. The smallest absolute Gasteiger partial charge is 0.278 e. The fraction of sp³-hybridized carbons (Fsp3) is 0.412. The molecule has 0 amide bonds. The molecule has 0 aliphatic carbocycles. The second-order valence-electron chi connectivity index (χ2n) is 6.27. The fourth-order valence-electron chi connectivity index (χ4n) is 3.44. The number of hydrogen-bond acceptors (Lipinski definition) is 3. The zero-order valence-corrected chi connectivity index (χ0v) is 13.6. The van der Waals surface area contributed by atoms with Crippen LogP contribution in [0.4, 0.5) is 4.39 Å². The van der Waals surface area contributed by atoms with Crippen LogP contribution in [0.25, 0.3) is 21.9 Å². The standard InChI is InChI=1S/C17H19FN4O2/c1-20-14-3-2-12(18)10-13(14)15-16(20)17(23)22(11-19-15)5-4-21-6-8-24-9-7-21/h2-3,10-11H,4-9H2,1H3/p+1. The molecular formula is C17H20FN4O2+. The maximum Gasteiger partial charge on any atom is 0.278 e. The summed E-state index contributed by atoms with van der Waals surface area (Å²) in [5.74, 6) is -0.322. The number of morpholine rings is 1. The monoisotopic (exact) mass is 331 g/mol. The Balaban J connectivity index is 1.73. The van der Waals surface area contributed by atoms with E-state index >= 15 is 0 Å². The van der Waals surface area contributed by atoms with Crippen LogP contribution in [-0.4, -0.2) is 47.0 Å². The molecule has 6 nitrogen and oxygen atoms in total. The minimum Gasteiger partial charge on any atom is -0.370 e. The van der Waals surface area contributed by atoms with Crippen LogP contribution >= 0.6 is 0 Å². The highest BCUT2D eigenvalue weighted by Gasteiger charge is 2.17. The summed E-state index contributed by atoms with van der Waals surface area (Å²) in [7, 11) is 1.82. The number of nitrogens with zero attached hydrogens (tertiary/aromatic N) is 3. The third-order valence-electron chi connectivity index (χ3n) is 4.83. The first-order chi connectivity index (χ1) is 11.6. The van der Waals surface area contributed by atoms with E-state index in [1.54, 1.807) is 21.5 Å². The molecule has 2 aromatic heterocycles. The summed E-state index contributed by atoms with van der Waals surface area (Å²) in [4.78, 5) is 18.7. The lowest BCUT2D eigenvalue weighted by atomic mass is 10.2. The predicted octanol–water partition coefficient (Wildman–Crippen LogP) is -0.0576. The van der Waals surface area contributed by atoms with Gasteiger partial charge in [-0.2, -0.15) is 0 Å². The molecule has 0 atom stereocenters. The summed E-state index contributed by atoms with van der Waals surface area (Å²) < 4.78 is 22.4. The second-order valence-corrected chi connectivity index (χ2v) is 6.27. The van der Waals surface area contributed by atoms with Crippen molar-refractivity contribution in [3.63, 3.8) is 0 Å². The van der Waals surface area contributed by atoms with Gasteiger partial charge < -0.3 is 14.2 Å². The third-order valence-corrected chi connectivity index (χ3v) is 4.83. The minimum atomic E-state index is -0.322. The maximum absolute atomic E-state index is 13.5. The number of quaternary nitrogens is 1. The van der Waals surface area contributed by atoms with Gasteiger partial charge in [-0.25, -0.2) is 9.37 Å². The van der Waals surface area contributed by atoms with Gasteiger partial charge in [-0.05, 0) is 18.2 Å². The largest absolute Gasteiger partial charge is 0.370 e. The molecule has 0 radical (unpaired) electrons. The molecule has 126 valence electrons. The highest BCUT2D eigenvalue weighted by Crippen LogP contribution is 2.24. The number of nitrogens with one attached hydrogen (secondary N) is 1. The molecule has 7 heteroatoms. The quantitative estimate of drug-likeness (QED) is 0.732. The van der Waals surface area contributed by atoms with Gasteiger partial charge in [0, 0.05) is 12.4 Å². The molecule has 0 bridgehead atoms. The van der Waals surface area contributed by atoms with E-state index in [1.807, 2.05) is 7.05 Å². The number of benzene rings is 1. The summed E-state index contributed by atoms with van der Waals surface area (Å²) in [6.07, 6.45) is 1.58. The molecule has 0 spiro atoms. The van der Waals surface area contributed by atoms with E-state index in [-0.39, 0.29) is 11.4 Å². The molecule has 1 N–H and O–H groups in total. The molecule has 0 saturated carbocycles. The first-order valence-electron chi connectivity index (χ1n) is 8.19. The average molecular weight is 331 g/mol. The molecular weight excluding hydrogens is 311 g/mol. The average Bonchev–Trinajstić information content (AvgIpc) is 2.88. The molecule has 3 heterocycles. The van der Waals surface area contributed by atoms with E-state index in [2.05, 4.69) is 4.98 Å². The van der Waals surface area contributed by atoms with Gasteiger partial charge in [-0.3, -0.25) is 9.36 Å². The van der Waals surface area contributed by atoms with Crippen molar-refractivity contribution < 1.29 is 14.0 Å². The van der Waals surface area contributed by atoms with Gasteiger partial charge in [-0.15, -0.1) is 0 Å². The van der Waals surface area contributed by atoms with Gasteiger partial charge >= 0.3 is 0 Å². The lowest BCUT2D eigenvalue weighted by Gasteiger charge is -2.23. The van der Waals surface area contributed by atoms with Crippen LogP contribution in [0.5, 0.6) is 0 Å². The Bertz CT molecular complexity index is 957. The van der Waals surface area contributed by atoms with Crippen LogP contribution in [-0.2, 0) is 18.3 Å². The van der Waals surface area contributed by atoms with Gasteiger partial charge in [0.05, 0.1) is 38.1 Å². The Labute approximate surface area is 138 Å². The molecule has 1 fully saturated rings. The van der Waals surface area contributed by atoms with Crippen molar-refractivity contribution in [2.24, 2.45) is 7.05 Å². The lowest BCUT2D eigenvalue weighted by Crippen LogP contribution is -3.14. The van der Waals surface area contributed by atoms with Crippen molar-refractivity contribution in [3.8, 4) is 0 Å². The molecule has 3 aromatic rings. The van der Waals surface area contributed by atoms with E-state index < -0.39 is 0 Å². The predicted molar refractivity (Wildman–Crippen MR) is 88.8 cm³/mol. The Kier molecular flexibility index (Phi) is 3.82. The van der Waals surface area contributed by atoms with Crippen molar-refractivity contribution in [3.05, 3.63) is 40.7 Å². The van der Waals surface area contributed by atoms with Crippen molar-refractivity contribution >= 4 is 21.9 Å². The van der Waals surface area contributed by atoms with E-state index in [9.17, 15) is 9.18 Å².